The first kappa shape index (κ1) is 16.9. The maximum absolute atomic E-state index is 12.0. The Morgan fingerprint density at radius 1 is 1.27 bits per heavy atom. The van der Waals surface area contributed by atoms with Gasteiger partial charge in [-0.05, 0) is 52.7 Å². The van der Waals surface area contributed by atoms with E-state index in [0.29, 0.717) is 6.54 Å². The van der Waals surface area contributed by atoms with Gasteiger partial charge in [0.2, 0.25) is 0 Å². The molecule has 1 aliphatic carbocycles. The fourth-order valence-corrected chi connectivity index (χ4v) is 2.82. The molecular weight excluding hydrogens is 280 g/mol. The van der Waals surface area contributed by atoms with Crippen LogP contribution in [0.25, 0.3) is 0 Å². The Bertz CT molecular complexity index is 490. The normalized spacial score (nSPS) is 22.4. The Morgan fingerprint density at radius 2 is 1.95 bits per heavy atom. The van der Waals surface area contributed by atoms with Crippen LogP contribution in [0.2, 0.25) is 0 Å². The quantitative estimate of drug-likeness (QED) is 0.893. The van der Waals surface area contributed by atoms with Crippen LogP contribution in [0.15, 0.2) is 16.5 Å². The molecule has 22 heavy (non-hydrogen) atoms. The lowest BCUT2D eigenvalue weighted by Crippen LogP contribution is -2.52. The van der Waals surface area contributed by atoms with Crippen LogP contribution in [0.3, 0.4) is 0 Å². The molecule has 0 aromatic carbocycles. The summed E-state index contributed by atoms with van der Waals surface area (Å²) in [5, 5.41) is 6.52. The van der Waals surface area contributed by atoms with Crippen molar-refractivity contribution < 1.29 is 13.9 Å². The van der Waals surface area contributed by atoms with Crippen LogP contribution in [0.1, 0.15) is 58.0 Å². The lowest BCUT2D eigenvalue weighted by molar-refractivity contribution is 0.0479. The summed E-state index contributed by atoms with van der Waals surface area (Å²) in [7, 11) is 0. The van der Waals surface area contributed by atoms with Crippen LogP contribution in [-0.2, 0) is 11.3 Å². The zero-order valence-electron chi connectivity index (χ0n) is 14.1. The molecule has 5 nitrogen and oxygen atoms in total. The molecule has 0 radical (unpaired) electrons. The van der Waals surface area contributed by atoms with Crippen molar-refractivity contribution >= 4 is 6.09 Å². The third-order valence-electron chi connectivity index (χ3n) is 3.80. The fraction of sp³-hybridized carbons (Fsp3) is 0.706. The van der Waals surface area contributed by atoms with Gasteiger partial charge in [0.1, 0.15) is 17.1 Å². The average molecular weight is 308 g/mol. The van der Waals surface area contributed by atoms with E-state index in [-0.39, 0.29) is 18.2 Å². The first-order chi connectivity index (χ1) is 10.3. The Hall–Kier alpha value is -1.49. The van der Waals surface area contributed by atoms with E-state index >= 15 is 0 Å². The molecule has 0 aliphatic heterocycles. The summed E-state index contributed by atoms with van der Waals surface area (Å²) in [6.07, 6.45) is 4.02. The predicted molar refractivity (Wildman–Crippen MR) is 85.7 cm³/mol. The van der Waals surface area contributed by atoms with Crippen LogP contribution in [0, 0.1) is 6.92 Å². The lowest BCUT2D eigenvalue weighted by atomic mass is 9.90. The van der Waals surface area contributed by atoms with E-state index in [9.17, 15) is 4.79 Å². The molecule has 2 N–H and O–H groups in total. The number of hydrogen-bond acceptors (Lipinski definition) is 4. The van der Waals surface area contributed by atoms with Crippen LogP contribution in [-0.4, -0.2) is 23.8 Å². The highest BCUT2D eigenvalue weighted by Crippen LogP contribution is 2.20. The molecule has 1 amide bonds. The molecular formula is C17H28N2O3. The molecule has 124 valence electrons. The standard InChI is InChI=1S/C17H28N2O3/c1-12-9-10-13(21-12)11-18-14-7-5-6-8-15(14)19-16(20)22-17(2,3)4/h9-10,14-15,18H,5-8,11H2,1-4H3,(H,19,20)/t14-,15-/m1/s1. The minimum Gasteiger partial charge on any atom is -0.465 e. The van der Waals surface area contributed by atoms with Crippen molar-refractivity contribution in [3.05, 3.63) is 23.7 Å². The van der Waals surface area contributed by atoms with Gasteiger partial charge in [0.15, 0.2) is 0 Å². The summed E-state index contributed by atoms with van der Waals surface area (Å²) < 4.78 is 10.9. The van der Waals surface area contributed by atoms with Crippen LogP contribution in [0.4, 0.5) is 4.79 Å². The number of alkyl carbamates (subject to hydrolysis) is 1. The second-order valence-electron chi connectivity index (χ2n) is 7.04. The SMILES string of the molecule is Cc1ccc(CN[C@@H]2CCCC[C@H]2NC(=O)OC(C)(C)C)o1. The maximum atomic E-state index is 12.0. The van der Waals surface area contributed by atoms with Gasteiger partial charge in [-0.1, -0.05) is 12.8 Å². The molecule has 1 fully saturated rings. The first-order valence-corrected chi connectivity index (χ1v) is 8.12. The van der Waals surface area contributed by atoms with Gasteiger partial charge < -0.3 is 19.8 Å². The maximum Gasteiger partial charge on any atom is 0.407 e. The number of rotatable bonds is 4. The first-order valence-electron chi connectivity index (χ1n) is 8.12. The Kier molecular flexibility index (Phi) is 5.51. The average Bonchev–Trinajstić information content (AvgIpc) is 2.81. The third-order valence-corrected chi connectivity index (χ3v) is 3.80. The zero-order valence-corrected chi connectivity index (χ0v) is 14.1. The van der Waals surface area contributed by atoms with Gasteiger partial charge in [-0.2, -0.15) is 0 Å². The van der Waals surface area contributed by atoms with E-state index in [2.05, 4.69) is 10.6 Å². The van der Waals surface area contributed by atoms with E-state index in [1.807, 2.05) is 39.8 Å². The van der Waals surface area contributed by atoms with E-state index < -0.39 is 5.60 Å². The summed E-state index contributed by atoms with van der Waals surface area (Å²) in [6.45, 7) is 8.26. The number of carbonyl (C=O) groups is 1. The fourth-order valence-electron chi connectivity index (χ4n) is 2.82. The van der Waals surface area contributed by atoms with Crippen LogP contribution < -0.4 is 10.6 Å². The minimum absolute atomic E-state index is 0.111. The molecule has 1 aromatic rings. The second-order valence-corrected chi connectivity index (χ2v) is 7.04. The van der Waals surface area contributed by atoms with Crippen LogP contribution >= 0.6 is 0 Å². The molecule has 1 saturated carbocycles. The largest absolute Gasteiger partial charge is 0.465 e. The lowest BCUT2D eigenvalue weighted by Gasteiger charge is -2.33. The van der Waals surface area contributed by atoms with E-state index in [1.54, 1.807) is 0 Å². The number of carbonyl (C=O) groups excluding carboxylic acids is 1. The van der Waals surface area contributed by atoms with Gasteiger partial charge in [-0.3, -0.25) is 0 Å². The van der Waals surface area contributed by atoms with Crippen molar-refractivity contribution in [1.29, 1.82) is 0 Å². The number of aryl methyl sites for hydroxylation is 1. The Morgan fingerprint density at radius 3 is 2.55 bits per heavy atom. The topological polar surface area (TPSA) is 63.5 Å². The predicted octanol–water partition coefficient (Wildman–Crippen LogP) is 3.51. The van der Waals surface area contributed by atoms with Crippen molar-refractivity contribution in [1.82, 2.24) is 10.6 Å². The van der Waals surface area contributed by atoms with Gasteiger partial charge in [0.05, 0.1) is 6.54 Å². The van der Waals surface area contributed by atoms with Gasteiger partial charge in [-0.15, -0.1) is 0 Å². The van der Waals surface area contributed by atoms with Crippen LogP contribution in [0.5, 0.6) is 0 Å². The molecule has 1 aliphatic rings. The number of nitrogens with one attached hydrogen (secondary N) is 2. The number of amides is 1. The van der Waals surface area contributed by atoms with Gasteiger partial charge in [-0.25, -0.2) is 4.79 Å². The molecule has 1 heterocycles. The minimum atomic E-state index is -0.465. The number of furan rings is 1. The molecule has 2 atom stereocenters. The molecule has 0 spiro atoms. The van der Waals surface area contributed by atoms with Gasteiger partial charge >= 0.3 is 6.09 Å². The summed E-state index contributed by atoms with van der Waals surface area (Å²) >= 11 is 0. The Labute approximate surface area is 132 Å². The molecule has 0 unspecified atom stereocenters. The molecule has 2 rings (SSSR count). The van der Waals surface area contributed by atoms with Gasteiger partial charge in [0.25, 0.3) is 0 Å². The smallest absolute Gasteiger partial charge is 0.407 e. The molecule has 0 bridgehead atoms. The highest BCUT2D eigenvalue weighted by molar-refractivity contribution is 5.68. The molecule has 1 aromatic heterocycles. The number of hydrogen-bond donors (Lipinski definition) is 2. The number of ether oxygens (including phenoxy) is 1. The summed E-state index contributed by atoms with van der Waals surface area (Å²) in [4.78, 5) is 12.0. The Balaban J connectivity index is 1.86. The van der Waals surface area contributed by atoms with E-state index in [0.717, 1.165) is 30.8 Å². The van der Waals surface area contributed by atoms with Crippen molar-refractivity contribution in [3.63, 3.8) is 0 Å². The van der Waals surface area contributed by atoms with Gasteiger partial charge in [0, 0.05) is 12.1 Å². The van der Waals surface area contributed by atoms with E-state index in [1.165, 1.54) is 6.42 Å². The summed E-state index contributed by atoms with van der Waals surface area (Å²) in [5.41, 5.74) is -0.465. The molecule has 0 saturated heterocycles. The van der Waals surface area contributed by atoms with Crippen molar-refractivity contribution in [2.45, 2.75) is 77.6 Å². The summed E-state index contributed by atoms with van der Waals surface area (Å²) in [5.74, 6) is 1.85. The monoisotopic (exact) mass is 308 g/mol. The van der Waals surface area contributed by atoms with Crippen molar-refractivity contribution in [3.8, 4) is 0 Å². The van der Waals surface area contributed by atoms with Crippen molar-refractivity contribution in [2.24, 2.45) is 0 Å². The zero-order chi connectivity index (χ0) is 16.2. The highest BCUT2D eigenvalue weighted by atomic mass is 16.6. The second kappa shape index (κ2) is 7.18. The highest BCUT2D eigenvalue weighted by Gasteiger charge is 2.28. The molecule has 5 heteroatoms. The van der Waals surface area contributed by atoms with Crippen molar-refractivity contribution in [2.75, 3.05) is 0 Å². The summed E-state index contributed by atoms with van der Waals surface area (Å²) in [6, 6.07) is 4.32. The third kappa shape index (κ3) is 5.37. The van der Waals surface area contributed by atoms with E-state index in [4.69, 9.17) is 9.15 Å².